The maximum absolute atomic E-state index is 14.5. The van der Waals surface area contributed by atoms with Crippen LogP contribution in [0.15, 0.2) is 60.7 Å². The van der Waals surface area contributed by atoms with Crippen molar-refractivity contribution in [2.75, 3.05) is 0 Å². The second kappa shape index (κ2) is 15.4. The van der Waals surface area contributed by atoms with E-state index in [1.54, 1.807) is 46.4 Å². The normalized spacial score (nSPS) is 15.7. The van der Waals surface area contributed by atoms with Crippen LogP contribution >= 0.6 is 0 Å². The zero-order valence-corrected chi connectivity index (χ0v) is 28.1. The second-order valence-corrected chi connectivity index (χ2v) is 14.3. The monoisotopic (exact) mass is 621 g/mol. The fourth-order valence-electron chi connectivity index (χ4n) is 5.25. The molecule has 0 aliphatic heterocycles. The fourth-order valence-corrected chi connectivity index (χ4v) is 5.25. The molecular weight excluding hydrogens is 570 g/mol. The SMILES string of the molecule is CC(C)CC(NC(=O)OC(C)(C)C)C(=O)N(C1CCC1)C(C(=O)NC(Cc1ccccc1)C(=O)OC(C)(C)C)c1ccccc1. The van der Waals surface area contributed by atoms with Crippen molar-refractivity contribution in [3.63, 3.8) is 0 Å². The number of nitrogens with zero attached hydrogens (tertiary/aromatic N) is 1. The third-order valence-corrected chi connectivity index (χ3v) is 7.35. The van der Waals surface area contributed by atoms with Gasteiger partial charge in [-0.2, -0.15) is 0 Å². The van der Waals surface area contributed by atoms with Crippen molar-refractivity contribution in [1.82, 2.24) is 15.5 Å². The molecule has 1 saturated carbocycles. The number of alkyl carbamates (subject to hydrolysis) is 1. The second-order valence-electron chi connectivity index (χ2n) is 14.3. The number of benzene rings is 2. The number of carbonyl (C=O) groups is 4. The molecule has 1 aliphatic rings. The van der Waals surface area contributed by atoms with E-state index in [2.05, 4.69) is 10.6 Å². The molecule has 2 N–H and O–H groups in total. The predicted octanol–water partition coefficient (Wildman–Crippen LogP) is 6.12. The third-order valence-electron chi connectivity index (χ3n) is 7.35. The van der Waals surface area contributed by atoms with Crippen molar-refractivity contribution in [2.24, 2.45) is 5.92 Å². The molecule has 0 heterocycles. The highest BCUT2D eigenvalue weighted by Crippen LogP contribution is 2.34. The topological polar surface area (TPSA) is 114 Å². The van der Waals surface area contributed by atoms with Gasteiger partial charge in [0.05, 0.1) is 0 Å². The number of amides is 3. The summed E-state index contributed by atoms with van der Waals surface area (Å²) >= 11 is 0. The van der Waals surface area contributed by atoms with Crippen molar-refractivity contribution in [3.8, 4) is 0 Å². The molecule has 1 aliphatic carbocycles. The largest absolute Gasteiger partial charge is 0.458 e. The van der Waals surface area contributed by atoms with Gasteiger partial charge in [-0.1, -0.05) is 74.5 Å². The quantitative estimate of drug-likeness (QED) is 0.276. The van der Waals surface area contributed by atoms with Crippen LogP contribution < -0.4 is 10.6 Å². The van der Waals surface area contributed by atoms with Crippen LogP contribution in [0.1, 0.15) is 98.2 Å². The van der Waals surface area contributed by atoms with Crippen LogP contribution in [0.3, 0.4) is 0 Å². The van der Waals surface area contributed by atoms with Crippen LogP contribution in [0.2, 0.25) is 0 Å². The van der Waals surface area contributed by atoms with Crippen LogP contribution in [0.5, 0.6) is 0 Å². The smallest absolute Gasteiger partial charge is 0.408 e. The van der Waals surface area contributed by atoms with Gasteiger partial charge in [-0.15, -0.1) is 0 Å². The van der Waals surface area contributed by atoms with E-state index >= 15 is 0 Å². The molecule has 0 aromatic heterocycles. The van der Waals surface area contributed by atoms with Crippen LogP contribution in [-0.4, -0.2) is 58.1 Å². The number of nitrogens with one attached hydrogen (secondary N) is 2. The van der Waals surface area contributed by atoms with Crippen molar-refractivity contribution in [1.29, 1.82) is 0 Å². The van der Waals surface area contributed by atoms with Gasteiger partial charge in [0.15, 0.2) is 0 Å². The summed E-state index contributed by atoms with van der Waals surface area (Å²) in [4.78, 5) is 56.9. The van der Waals surface area contributed by atoms with Gasteiger partial charge in [-0.3, -0.25) is 9.59 Å². The Hall–Kier alpha value is -3.88. The molecule has 3 atom stereocenters. The van der Waals surface area contributed by atoms with Crippen molar-refractivity contribution >= 4 is 23.9 Å². The van der Waals surface area contributed by atoms with E-state index in [1.807, 2.05) is 74.5 Å². The lowest BCUT2D eigenvalue weighted by atomic mass is 9.87. The first-order valence-electron chi connectivity index (χ1n) is 16.0. The summed E-state index contributed by atoms with van der Waals surface area (Å²) in [6.45, 7) is 14.6. The number of hydrogen-bond acceptors (Lipinski definition) is 6. The number of hydrogen-bond donors (Lipinski definition) is 2. The third kappa shape index (κ3) is 11.2. The van der Waals surface area contributed by atoms with Crippen LogP contribution in [-0.2, 0) is 30.3 Å². The number of esters is 1. The molecule has 3 rings (SSSR count). The van der Waals surface area contributed by atoms with E-state index in [-0.39, 0.29) is 24.3 Å². The first kappa shape index (κ1) is 35.6. The maximum Gasteiger partial charge on any atom is 0.408 e. The Kier molecular flexibility index (Phi) is 12.2. The molecule has 2 aromatic rings. The van der Waals surface area contributed by atoms with Crippen molar-refractivity contribution in [3.05, 3.63) is 71.8 Å². The molecule has 2 aromatic carbocycles. The lowest BCUT2D eigenvalue weighted by molar-refractivity contribution is -0.159. The minimum absolute atomic E-state index is 0.0727. The molecule has 0 bridgehead atoms. The lowest BCUT2D eigenvalue weighted by Gasteiger charge is -2.44. The molecule has 246 valence electrons. The highest BCUT2D eigenvalue weighted by molar-refractivity contribution is 5.94. The van der Waals surface area contributed by atoms with E-state index in [1.165, 1.54) is 0 Å². The fraction of sp³-hybridized carbons (Fsp3) is 0.556. The summed E-state index contributed by atoms with van der Waals surface area (Å²) in [5.41, 5.74) is -0.0414. The highest BCUT2D eigenvalue weighted by atomic mass is 16.6. The Labute approximate surface area is 268 Å². The van der Waals surface area contributed by atoms with Gasteiger partial charge in [-0.25, -0.2) is 9.59 Å². The van der Waals surface area contributed by atoms with E-state index in [0.717, 1.165) is 24.8 Å². The Balaban J connectivity index is 2.02. The van der Waals surface area contributed by atoms with Crippen LogP contribution in [0.25, 0.3) is 0 Å². The summed E-state index contributed by atoms with van der Waals surface area (Å²) in [5.74, 6) is -1.34. The van der Waals surface area contributed by atoms with E-state index in [4.69, 9.17) is 9.47 Å². The Bertz CT molecular complexity index is 1280. The molecule has 45 heavy (non-hydrogen) atoms. The minimum atomic E-state index is -1.04. The van der Waals surface area contributed by atoms with Gasteiger partial charge in [0.2, 0.25) is 11.8 Å². The molecule has 9 heteroatoms. The zero-order valence-electron chi connectivity index (χ0n) is 28.1. The van der Waals surface area contributed by atoms with Gasteiger partial charge in [0.1, 0.15) is 29.3 Å². The molecule has 0 spiro atoms. The van der Waals surface area contributed by atoms with Gasteiger partial charge >= 0.3 is 12.1 Å². The lowest BCUT2D eigenvalue weighted by Crippen LogP contribution is -2.59. The van der Waals surface area contributed by atoms with Crippen LogP contribution in [0.4, 0.5) is 4.79 Å². The van der Waals surface area contributed by atoms with Gasteiger partial charge in [0.25, 0.3) is 0 Å². The average Bonchev–Trinajstić information content (AvgIpc) is 2.89. The minimum Gasteiger partial charge on any atom is -0.458 e. The first-order valence-corrected chi connectivity index (χ1v) is 16.0. The van der Waals surface area contributed by atoms with E-state index < -0.39 is 47.3 Å². The van der Waals surface area contributed by atoms with Gasteiger partial charge in [-0.05, 0) is 84.3 Å². The summed E-state index contributed by atoms with van der Waals surface area (Å²) in [7, 11) is 0. The zero-order chi connectivity index (χ0) is 33.4. The molecular formula is C36H51N3O6. The average molecular weight is 622 g/mol. The Morgan fingerprint density at radius 1 is 0.800 bits per heavy atom. The van der Waals surface area contributed by atoms with Crippen molar-refractivity contribution in [2.45, 2.75) is 123 Å². The summed E-state index contributed by atoms with van der Waals surface area (Å²) in [6.07, 6.45) is 2.25. The summed E-state index contributed by atoms with van der Waals surface area (Å²) in [6, 6.07) is 15.4. The van der Waals surface area contributed by atoms with E-state index in [0.29, 0.717) is 12.0 Å². The molecule has 0 radical (unpaired) electrons. The number of carbonyl (C=O) groups excluding carboxylic acids is 4. The Morgan fingerprint density at radius 3 is 1.84 bits per heavy atom. The molecule has 1 fully saturated rings. The van der Waals surface area contributed by atoms with Crippen LogP contribution in [0, 0.1) is 5.92 Å². The molecule has 3 unspecified atom stereocenters. The Morgan fingerprint density at radius 2 is 1.36 bits per heavy atom. The van der Waals surface area contributed by atoms with Crippen molar-refractivity contribution < 1.29 is 28.7 Å². The first-order chi connectivity index (χ1) is 21.0. The maximum atomic E-state index is 14.5. The van der Waals surface area contributed by atoms with Gasteiger partial charge in [0, 0.05) is 12.5 Å². The summed E-state index contributed by atoms with van der Waals surface area (Å²) in [5, 5.41) is 5.75. The number of rotatable bonds is 12. The molecule has 0 saturated heterocycles. The summed E-state index contributed by atoms with van der Waals surface area (Å²) < 4.78 is 11.2. The standard InChI is InChI=1S/C36H51N3O6/c1-24(2)22-28(38-34(43)45-36(6,7)8)32(41)39(27-20-15-21-27)30(26-18-13-10-14-19-26)31(40)37-29(33(42)44-35(3,4)5)23-25-16-11-9-12-17-25/h9-14,16-19,24,27-30H,15,20-23H2,1-8H3,(H,37,40)(H,38,43). The van der Waals surface area contributed by atoms with Gasteiger partial charge < -0.3 is 25.0 Å². The predicted molar refractivity (Wildman–Crippen MR) is 174 cm³/mol. The molecule has 3 amide bonds. The van der Waals surface area contributed by atoms with E-state index in [9.17, 15) is 19.2 Å². The molecule has 9 nitrogen and oxygen atoms in total. The number of ether oxygens (including phenoxy) is 2. The highest BCUT2D eigenvalue weighted by Gasteiger charge is 2.43.